The first-order valence-corrected chi connectivity index (χ1v) is 13.6. The number of hydrazine groups is 1. The minimum absolute atomic E-state index is 0.0478. The largest absolute Gasteiger partial charge is 0.341 e. The van der Waals surface area contributed by atoms with Crippen LogP contribution in [0.2, 0.25) is 5.02 Å². The number of benzene rings is 2. The van der Waals surface area contributed by atoms with E-state index >= 15 is 0 Å². The highest BCUT2D eigenvalue weighted by molar-refractivity contribution is 8.14. The molecule has 5 rings (SSSR count). The SMILES string of the molecule is O=C(NNc1ncc(C(=O)NC2CCSC2=O)cc1Cl)NC1c2ccccc2CSc2ccccc21. The molecule has 2 unspecified atom stereocenters. The molecule has 0 spiro atoms. The lowest BCUT2D eigenvalue weighted by atomic mass is 9.95. The number of carbonyl (C=O) groups excluding carboxylic acids is 3. The number of hydrogen-bond acceptors (Lipinski definition) is 7. The van der Waals surface area contributed by atoms with E-state index in [2.05, 4.69) is 38.6 Å². The molecule has 1 fully saturated rings. The Morgan fingerprint density at radius 2 is 1.78 bits per heavy atom. The molecule has 1 saturated heterocycles. The van der Waals surface area contributed by atoms with Crippen LogP contribution in [0, 0.1) is 0 Å². The molecule has 2 aliphatic rings. The van der Waals surface area contributed by atoms with E-state index < -0.39 is 18.0 Å². The quantitative estimate of drug-likeness (QED) is 0.353. The van der Waals surface area contributed by atoms with Gasteiger partial charge in [-0.05, 0) is 35.2 Å². The summed E-state index contributed by atoms with van der Waals surface area (Å²) in [6.45, 7) is 0. The van der Waals surface area contributed by atoms with E-state index in [4.69, 9.17) is 11.6 Å². The molecule has 2 aromatic carbocycles. The number of fused-ring (bicyclic) bond motifs is 2. The third kappa shape index (κ3) is 5.30. The number of amides is 3. The molecule has 0 saturated carbocycles. The Labute approximate surface area is 221 Å². The summed E-state index contributed by atoms with van der Waals surface area (Å²) < 4.78 is 0. The number of anilines is 1. The Balaban J connectivity index is 1.25. The van der Waals surface area contributed by atoms with Crippen molar-refractivity contribution in [3.8, 4) is 0 Å². The first kappa shape index (κ1) is 24.5. The van der Waals surface area contributed by atoms with E-state index in [9.17, 15) is 14.4 Å². The molecule has 184 valence electrons. The molecule has 8 nitrogen and oxygen atoms in total. The van der Waals surface area contributed by atoms with Crippen LogP contribution in [0.4, 0.5) is 10.6 Å². The van der Waals surface area contributed by atoms with Gasteiger partial charge in [-0.1, -0.05) is 65.8 Å². The molecule has 0 radical (unpaired) electrons. The van der Waals surface area contributed by atoms with Crippen molar-refractivity contribution in [2.75, 3.05) is 11.2 Å². The summed E-state index contributed by atoms with van der Waals surface area (Å²) in [7, 11) is 0. The van der Waals surface area contributed by atoms with Gasteiger partial charge in [0.15, 0.2) is 5.82 Å². The van der Waals surface area contributed by atoms with Crippen LogP contribution in [0.25, 0.3) is 0 Å². The monoisotopic (exact) mass is 539 g/mol. The van der Waals surface area contributed by atoms with Gasteiger partial charge in [0.1, 0.15) is 0 Å². The van der Waals surface area contributed by atoms with Gasteiger partial charge in [0, 0.05) is 22.6 Å². The number of rotatable bonds is 5. The molecule has 0 bridgehead atoms. The Morgan fingerprint density at radius 3 is 2.56 bits per heavy atom. The predicted octanol–water partition coefficient (Wildman–Crippen LogP) is 4.52. The number of hydrogen-bond donors (Lipinski definition) is 4. The second-order valence-corrected chi connectivity index (χ2v) is 10.7. The number of urea groups is 1. The Morgan fingerprint density at radius 1 is 1.00 bits per heavy atom. The van der Waals surface area contributed by atoms with Gasteiger partial charge in [0.25, 0.3) is 5.91 Å². The molecule has 36 heavy (non-hydrogen) atoms. The maximum atomic E-state index is 12.9. The van der Waals surface area contributed by atoms with Gasteiger partial charge in [-0.25, -0.2) is 9.78 Å². The highest BCUT2D eigenvalue weighted by Gasteiger charge is 2.28. The fourth-order valence-corrected chi connectivity index (χ4v) is 6.33. The third-order valence-corrected chi connectivity index (χ3v) is 8.33. The summed E-state index contributed by atoms with van der Waals surface area (Å²) in [6, 6.07) is 16.2. The zero-order valence-corrected chi connectivity index (χ0v) is 21.3. The average Bonchev–Trinajstić information content (AvgIpc) is 3.22. The number of aromatic nitrogens is 1. The number of halogens is 1. The van der Waals surface area contributed by atoms with Crippen molar-refractivity contribution in [1.82, 2.24) is 21.0 Å². The van der Waals surface area contributed by atoms with E-state index in [1.165, 1.54) is 24.0 Å². The van der Waals surface area contributed by atoms with Crippen molar-refractivity contribution < 1.29 is 14.4 Å². The summed E-state index contributed by atoms with van der Waals surface area (Å²) in [4.78, 5) is 42.4. The number of thioether (sulfide) groups is 2. The third-order valence-electron chi connectivity index (χ3n) is 5.89. The highest BCUT2D eigenvalue weighted by atomic mass is 35.5. The zero-order valence-electron chi connectivity index (χ0n) is 18.9. The molecule has 0 aliphatic carbocycles. The number of nitrogens with one attached hydrogen (secondary N) is 4. The summed E-state index contributed by atoms with van der Waals surface area (Å²) in [5.74, 6) is 1.27. The highest BCUT2D eigenvalue weighted by Crippen LogP contribution is 2.39. The van der Waals surface area contributed by atoms with Crippen molar-refractivity contribution in [3.63, 3.8) is 0 Å². The van der Waals surface area contributed by atoms with Gasteiger partial charge in [0.05, 0.1) is 22.7 Å². The first-order chi connectivity index (χ1) is 17.5. The van der Waals surface area contributed by atoms with Crippen LogP contribution in [0.5, 0.6) is 0 Å². The van der Waals surface area contributed by atoms with Crippen LogP contribution < -0.4 is 21.5 Å². The van der Waals surface area contributed by atoms with Gasteiger partial charge in [-0.3, -0.25) is 20.4 Å². The topological polar surface area (TPSA) is 112 Å². The number of pyridine rings is 1. The van der Waals surface area contributed by atoms with Crippen LogP contribution in [-0.2, 0) is 10.5 Å². The average molecular weight is 540 g/mol. The van der Waals surface area contributed by atoms with E-state index in [0.29, 0.717) is 12.2 Å². The Hall–Kier alpha value is -3.21. The minimum atomic E-state index is -0.498. The summed E-state index contributed by atoms with van der Waals surface area (Å²) >= 11 is 9.25. The van der Waals surface area contributed by atoms with Crippen LogP contribution in [0.15, 0.2) is 65.7 Å². The van der Waals surface area contributed by atoms with Crippen molar-refractivity contribution in [2.24, 2.45) is 0 Å². The van der Waals surface area contributed by atoms with E-state index in [1.54, 1.807) is 11.8 Å². The van der Waals surface area contributed by atoms with Gasteiger partial charge >= 0.3 is 6.03 Å². The normalized spacial score (nSPS) is 18.4. The Bertz CT molecular complexity index is 1290. The Kier molecular flexibility index (Phi) is 7.35. The minimum Gasteiger partial charge on any atom is -0.341 e. The van der Waals surface area contributed by atoms with Crippen molar-refractivity contribution in [3.05, 3.63) is 88.1 Å². The lowest BCUT2D eigenvalue weighted by molar-refractivity contribution is -0.112. The molecule has 3 aromatic rings. The predicted molar refractivity (Wildman–Crippen MR) is 142 cm³/mol. The first-order valence-electron chi connectivity index (χ1n) is 11.2. The maximum Gasteiger partial charge on any atom is 0.334 e. The van der Waals surface area contributed by atoms with Gasteiger partial charge in [0.2, 0.25) is 5.12 Å². The molecule has 11 heteroatoms. The summed E-state index contributed by atoms with van der Waals surface area (Å²) in [6.07, 6.45) is 1.94. The van der Waals surface area contributed by atoms with Crippen LogP contribution >= 0.6 is 35.1 Å². The standard InChI is InChI=1S/C25H22ClN5O3S2/c26-18-11-15(23(32)28-19-9-10-35-24(19)33)12-27-22(18)30-31-25(34)29-21-16-6-2-1-5-14(16)13-36-20-8-4-3-7-17(20)21/h1-8,11-12,19,21H,9-10,13H2,(H,27,30)(H,28,32)(H2,29,31,34). The maximum absolute atomic E-state index is 12.9. The second kappa shape index (κ2) is 10.8. The smallest absolute Gasteiger partial charge is 0.334 e. The zero-order chi connectivity index (χ0) is 25.1. The summed E-state index contributed by atoms with van der Waals surface area (Å²) in [5.41, 5.74) is 8.74. The fourth-order valence-electron chi connectivity index (χ4n) is 4.08. The van der Waals surface area contributed by atoms with E-state index in [0.717, 1.165) is 27.3 Å². The molecule has 1 aromatic heterocycles. The van der Waals surface area contributed by atoms with Gasteiger partial charge in [-0.2, -0.15) is 0 Å². The van der Waals surface area contributed by atoms with Gasteiger partial charge < -0.3 is 10.6 Å². The van der Waals surface area contributed by atoms with Crippen LogP contribution in [0.1, 0.15) is 39.5 Å². The fraction of sp³-hybridized carbons (Fsp3) is 0.200. The molecular weight excluding hydrogens is 518 g/mol. The van der Waals surface area contributed by atoms with Crippen molar-refractivity contribution in [2.45, 2.75) is 29.2 Å². The molecule has 4 N–H and O–H groups in total. The second-order valence-electron chi connectivity index (χ2n) is 8.22. The van der Waals surface area contributed by atoms with Crippen LogP contribution in [0.3, 0.4) is 0 Å². The molecule has 3 amide bonds. The number of carbonyl (C=O) groups is 3. The number of nitrogens with zero attached hydrogens (tertiary/aromatic N) is 1. The van der Waals surface area contributed by atoms with Crippen LogP contribution in [-0.4, -0.2) is 33.8 Å². The van der Waals surface area contributed by atoms with E-state index in [-0.39, 0.29) is 27.6 Å². The molecule has 3 heterocycles. The van der Waals surface area contributed by atoms with Crippen molar-refractivity contribution in [1.29, 1.82) is 0 Å². The van der Waals surface area contributed by atoms with E-state index in [1.807, 2.05) is 36.4 Å². The lowest BCUT2D eigenvalue weighted by Gasteiger charge is -2.22. The molecular formula is C25H22ClN5O3S2. The lowest BCUT2D eigenvalue weighted by Crippen LogP contribution is -2.41. The van der Waals surface area contributed by atoms with Gasteiger partial charge in [-0.15, -0.1) is 11.8 Å². The molecule has 2 atom stereocenters. The van der Waals surface area contributed by atoms with Crippen molar-refractivity contribution >= 4 is 58.0 Å². The molecule has 2 aliphatic heterocycles. The summed E-state index contributed by atoms with van der Waals surface area (Å²) in [5, 5.41) is 5.84.